The topological polar surface area (TPSA) is 217 Å². The Morgan fingerprint density at radius 3 is 2.74 bits per heavy atom. The summed E-state index contributed by atoms with van der Waals surface area (Å²) in [5, 5.41) is 11.9. The summed E-state index contributed by atoms with van der Waals surface area (Å²) in [7, 11) is -4.00. The first-order valence-electron chi connectivity index (χ1n) is 13.5. The molecule has 17 nitrogen and oxygen atoms in total. The second-order valence-corrected chi connectivity index (χ2v) is 12.7. The molecule has 0 spiro atoms. The Balaban J connectivity index is 1.08. The van der Waals surface area contributed by atoms with E-state index in [1.54, 1.807) is 42.5 Å². The summed E-state index contributed by atoms with van der Waals surface area (Å²) in [5.41, 5.74) is 1.54. The van der Waals surface area contributed by atoms with Gasteiger partial charge in [0, 0.05) is 13.1 Å². The molecule has 2 amide bonds. The molecule has 1 aliphatic rings. The number of nitrogens with zero attached hydrogens (tertiary/aromatic N) is 6. The molecule has 46 heavy (non-hydrogen) atoms. The SMILES string of the molecule is O=C(O)CN(CCNS(=O)(=O)c1nc2ccccc2s1)C(=O)Cn1cnc2c(NC(=O)OCc3ccc4c(c3)OCO4)ncnc21. The van der Waals surface area contributed by atoms with Crippen LogP contribution in [0.5, 0.6) is 11.5 Å². The number of imidazole rings is 1. The molecule has 2 aromatic carbocycles. The minimum absolute atomic E-state index is 0.0264. The fraction of sp³-hybridized carbons (Fsp3) is 0.222. The zero-order chi connectivity index (χ0) is 32.3. The molecule has 4 heterocycles. The highest BCUT2D eigenvalue weighted by molar-refractivity contribution is 7.91. The summed E-state index contributed by atoms with van der Waals surface area (Å²) < 4.78 is 45.7. The van der Waals surface area contributed by atoms with Crippen molar-refractivity contribution in [1.82, 2.24) is 34.1 Å². The number of anilines is 1. The average Bonchev–Trinajstić information content (AvgIpc) is 3.78. The van der Waals surface area contributed by atoms with Gasteiger partial charge >= 0.3 is 12.1 Å². The van der Waals surface area contributed by atoms with Gasteiger partial charge in [-0.05, 0) is 29.8 Å². The van der Waals surface area contributed by atoms with Crippen LogP contribution in [0.4, 0.5) is 10.6 Å². The van der Waals surface area contributed by atoms with Crippen LogP contribution in [-0.4, -0.2) is 87.3 Å². The lowest BCUT2D eigenvalue weighted by Crippen LogP contribution is -2.42. The van der Waals surface area contributed by atoms with Crippen molar-refractivity contribution in [1.29, 1.82) is 0 Å². The third-order valence-electron chi connectivity index (χ3n) is 6.59. The van der Waals surface area contributed by atoms with Gasteiger partial charge in [0.1, 0.15) is 26.0 Å². The molecule has 5 aromatic rings. The number of carboxylic acid groups (broad SMARTS) is 1. The largest absolute Gasteiger partial charge is 0.480 e. The predicted octanol–water partition coefficient (Wildman–Crippen LogP) is 1.81. The van der Waals surface area contributed by atoms with E-state index in [9.17, 15) is 27.9 Å². The summed E-state index contributed by atoms with van der Waals surface area (Å²) in [6.45, 7) is -1.49. The van der Waals surface area contributed by atoms with Gasteiger partial charge < -0.3 is 28.8 Å². The number of carboxylic acids is 1. The van der Waals surface area contributed by atoms with Gasteiger partial charge in [-0.1, -0.05) is 18.2 Å². The minimum Gasteiger partial charge on any atom is -0.480 e. The minimum atomic E-state index is -4.00. The van der Waals surface area contributed by atoms with Crippen molar-refractivity contribution in [2.75, 3.05) is 31.7 Å². The van der Waals surface area contributed by atoms with Crippen molar-refractivity contribution in [2.24, 2.45) is 0 Å². The summed E-state index contributed by atoms with van der Waals surface area (Å²) in [4.78, 5) is 54.7. The highest BCUT2D eigenvalue weighted by atomic mass is 32.2. The predicted molar refractivity (Wildman–Crippen MR) is 161 cm³/mol. The van der Waals surface area contributed by atoms with Gasteiger partial charge in [-0.25, -0.2) is 37.9 Å². The third kappa shape index (κ3) is 6.80. The van der Waals surface area contributed by atoms with Gasteiger partial charge in [-0.3, -0.25) is 14.9 Å². The summed E-state index contributed by atoms with van der Waals surface area (Å²) in [5.74, 6) is -0.754. The van der Waals surface area contributed by atoms with Gasteiger partial charge in [0.2, 0.25) is 17.0 Å². The van der Waals surface area contributed by atoms with Gasteiger partial charge in [0.25, 0.3) is 10.0 Å². The first-order valence-corrected chi connectivity index (χ1v) is 15.8. The average molecular weight is 669 g/mol. The first-order chi connectivity index (χ1) is 22.2. The third-order valence-corrected chi connectivity index (χ3v) is 9.47. The van der Waals surface area contributed by atoms with E-state index in [2.05, 4.69) is 30.0 Å². The molecule has 0 aliphatic carbocycles. The molecule has 0 fully saturated rings. The van der Waals surface area contributed by atoms with E-state index in [1.165, 1.54) is 10.9 Å². The number of benzene rings is 2. The number of hydrogen-bond donors (Lipinski definition) is 3. The number of nitrogens with one attached hydrogen (secondary N) is 2. The normalized spacial score (nSPS) is 12.3. The number of hydrogen-bond acceptors (Lipinski definition) is 13. The summed E-state index contributed by atoms with van der Waals surface area (Å²) >= 11 is 0.993. The molecule has 0 unspecified atom stereocenters. The van der Waals surface area contributed by atoms with Crippen LogP contribution in [-0.2, 0) is 37.5 Å². The number of thiazole rings is 1. The van der Waals surface area contributed by atoms with Crippen molar-refractivity contribution < 1.29 is 42.1 Å². The number of carbonyl (C=O) groups excluding carboxylic acids is 2. The molecule has 6 rings (SSSR count). The van der Waals surface area contributed by atoms with Gasteiger partial charge in [0.05, 0.1) is 16.5 Å². The lowest BCUT2D eigenvalue weighted by Gasteiger charge is -2.21. The van der Waals surface area contributed by atoms with E-state index in [4.69, 9.17) is 14.2 Å². The Bertz CT molecular complexity index is 2030. The first kappa shape index (κ1) is 30.6. The number of fused-ring (bicyclic) bond motifs is 3. The molecular weight excluding hydrogens is 644 g/mol. The van der Waals surface area contributed by atoms with Gasteiger partial charge in [-0.15, -0.1) is 11.3 Å². The van der Waals surface area contributed by atoms with E-state index < -0.39 is 34.5 Å². The van der Waals surface area contributed by atoms with E-state index in [0.717, 1.165) is 22.6 Å². The van der Waals surface area contributed by atoms with Crippen LogP contribution < -0.4 is 19.5 Å². The van der Waals surface area contributed by atoms with Crippen molar-refractivity contribution in [3.63, 3.8) is 0 Å². The van der Waals surface area contributed by atoms with Crippen molar-refractivity contribution >= 4 is 66.5 Å². The zero-order valence-corrected chi connectivity index (χ0v) is 25.3. The van der Waals surface area contributed by atoms with Crippen LogP contribution >= 0.6 is 11.3 Å². The molecule has 1 aliphatic heterocycles. The number of rotatable bonds is 12. The standard InChI is InChI=1S/C27H24N8O9S2/c36-21(34(11-22(37)38)8-7-31-46(40,41)27-32-17-3-1-2-4-20(17)45-27)10-35-14-30-23-24(28-13-29-25(23)35)33-26(39)42-12-16-5-6-18-19(9-16)44-15-43-18/h1-6,9,13-14,31H,7-8,10-12,15H2,(H,37,38)(H,28,29,33,39). The second-order valence-electron chi connectivity index (χ2n) is 9.71. The molecule has 238 valence electrons. The molecule has 0 saturated carbocycles. The maximum Gasteiger partial charge on any atom is 0.413 e. The lowest BCUT2D eigenvalue weighted by molar-refractivity contribution is -0.144. The molecule has 0 bridgehead atoms. The Labute approximate surface area is 263 Å². The van der Waals surface area contributed by atoms with E-state index in [-0.39, 0.29) is 54.4 Å². The zero-order valence-electron chi connectivity index (χ0n) is 23.7. The fourth-order valence-corrected chi connectivity index (χ4v) is 6.73. The quantitative estimate of drug-likeness (QED) is 0.173. The molecule has 3 aromatic heterocycles. The maximum atomic E-state index is 13.2. The van der Waals surface area contributed by atoms with Crippen LogP contribution in [0, 0.1) is 0 Å². The number of sulfonamides is 1. The van der Waals surface area contributed by atoms with Crippen LogP contribution in [0.25, 0.3) is 21.4 Å². The van der Waals surface area contributed by atoms with Crippen molar-refractivity contribution in [3.8, 4) is 11.5 Å². The maximum absolute atomic E-state index is 13.2. The van der Waals surface area contributed by atoms with Crippen molar-refractivity contribution in [3.05, 3.63) is 60.7 Å². The number of amides is 2. The summed E-state index contributed by atoms with van der Waals surface area (Å²) in [6.07, 6.45) is 1.63. The molecule has 19 heteroatoms. The van der Waals surface area contributed by atoms with Crippen molar-refractivity contribution in [2.45, 2.75) is 17.5 Å². The number of aliphatic carboxylic acids is 1. The number of ether oxygens (including phenoxy) is 3. The molecule has 0 atom stereocenters. The van der Waals surface area contributed by atoms with E-state index in [0.29, 0.717) is 27.3 Å². The summed E-state index contributed by atoms with van der Waals surface area (Å²) in [6, 6.07) is 12.1. The van der Waals surface area contributed by atoms with Crippen LogP contribution in [0.15, 0.2) is 59.5 Å². The molecular formula is C27H24N8O9S2. The van der Waals surface area contributed by atoms with Crippen LogP contribution in [0.3, 0.4) is 0 Å². The number of para-hydroxylation sites is 1. The number of aromatic nitrogens is 5. The Morgan fingerprint density at radius 1 is 1.09 bits per heavy atom. The van der Waals surface area contributed by atoms with Gasteiger partial charge in [0.15, 0.2) is 28.5 Å². The Hall–Kier alpha value is -5.40. The smallest absolute Gasteiger partial charge is 0.413 e. The molecule has 3 N–H and O–H groups in total. The Morgan fingerprint density at radius 2 is 1.91 bits per heavy atom. The van der Waals surface area contributed by atoms with E-state index in [1.807, 2.05) is 0 Å². The lowest BCUT2D eigenvalue weighted by atomic mass is 10.2. The highest BCUT2D eigenvalue weighted by Crippen LogP contribution is 2.32. The second kappa shape index (κ2) is 12.9. The van der Waals surface area contributed by atoms with Gasteiger partial charge in [-0.2, -0.15) is 0 Å². The van der Waals surface area contributed by atoms with Crippen LogP contribution in [0.1, 0.15) is 5.56 Å². The van der Waals surface area contributed by atoms with E-state index >= 15 is 0 Å². The molecule has 0 radical (unpaired) electrons. The number of carbonyl (C=O) groups is 3. The fourth-order valence-electron chi connectivity index (χ4n) is 4.44. The van der Waals surface area contributed by atoms with Crippen LogP contribution in [0.2, 0.25) is 0 Å². The molecule has 0 saturated heterocycles. The Kier molecular flexibility index (Phi) is 8.59. The monoisotopic (exact) mass is 668 g/mol. The highest BCUT2D eigenvalue weighted by Gasteiger charge is 2.23.